The first-order valence-corrected chi connectivity index (χ1v) is 9.10. The van der Waals surface area contributed by atoms with E-state index in [4.69, 9.17) is 4.74 Å². The van der Waals surface area contributed by atoms with Crippen LogP contribution in [0.15, 0.2) is 41.1 Å². The van der Waals surface area contributed by atoms with Gasteiger partial charge in [0, 0.05) is 37.9 Å². The smallest absolute Gasteiger partial charge is 0.315 e. The third-order valence-corrected chi connectivity index (χ3v) is 5.02. The number of methoxy groups -OCH3 is 1. The number of hydrogen-bond acceptors (Lipinski definition) is 4. The molecule has 1 fully saturated rings. The maximum absolute atomic E-state index is 11.9. The number of rotatable bonds is 6. The monoisotopic (exact) mass is 345 g/mol. The maximum Gasteiger partial charge on any atom is 0.315 e. The Hall–Kier alpha value is -2.21. The molecule has 6 heteroatoms. The molecule has 0 saturated carbocycles. The molecule has 1 atom stereocenters. The minimum Gasteiger partial charge on any atom is -0.497 e. The number of benzene rings is 1. The molecule has 1 saturated heterocycles. The van der Waals surface area contributed by atoms with Gasteiger partial charge in [-0.05, 0) is 46.9 Å². The molecule has 2 amide bonds. The third kappa shape index (κ3) is 4.41. The number of amides is 2. The molecule has 0 aliphatic carbocycles. The molecule has 0 unspecified atom stereocenters. The molecule has 24 heavy (non-hydrogen) atoms. The summed E-state index contributed by atoms with van der Waals surface area (Å²) in [5.74, 6) is 1.35. The van der Waals surface area contributed by atoms with Crippen LogP contribution in [-0.2, 0) is 6.54 Å². The minimum atomic E-state index is -0.0963. The van der Waals surface area contributed by atoms with Crippen LogP contribution in [-0.4, -0.2) is 32.8 Å². The Morgan fingerprint density at radius 2 is 2.29 bits per heavy atom. The summed E-state index contributed by atoms with van der Waals surface area (Å²) < 4.78 is 5.29. The van der Waals surface area contributed by atoms with Crippen LogP contribution in [0.25, 0.3) is 0 Å². The van der Waals surface area contributed by atoms with Gasteiger partial charge in [-0.25, -0.2) is 4.79 Å². The second-order valence-corrected chi connectivity index (χ2v) is 6.78. The van der Waals surface area contributed by atoms with Crippen molar-refractivity contribution in [3.8, 4) is 5.75 Å². The van der Waals surface area contributed by atoms with Crippen LogP contribution >= 0.6 is 11.3 Å². The molecule has 0 radical (unpaired) electrons. The van der Waals surface area contributed by atoms with E-state index >= 15 is 0 Å². The normalized spacial score (nSPS) is 16.9. The molecule has 1 aromatic carbocycles. The van der Waals surface area contributed by atoms with Crippen LogP contribution in [0, 0.1) is 5.92 Å². The van der Waals surface area contributed by atoms with Crippen molar-refractivity contribution in [2.45, 2.75) is 13.0 Å². The Bertz CT molecular complexity index is 660. The Balaban J connectivity index is 1.41. The highest BCUT2D eigenvalue weighted by atomic mass is 32.1. The van der Waals surface area contributed by atoms with E-state index in [1.165, 1.54) is 5.69 Å². The topological polar surface area (TPSA) is 53.6 Å². The fourth-order valence-electron chi connectivity index (χ4n) is 2.92. The van der Waals surface area contributed by atoms with Crippen molar-refractivity contribution < 1.29 is 9.53 Å². The summed E-state index contributed by atoms with van der Waals surface area (Å²) in [5, 5.41) is 9.94. The number of ether oxygens (including phenoxy) is 1. The lowest BCUT2D eigenvalue weighted by molar-refractivity contribution is 0.239. The summed E-state index contributed by atoms with van der Waals surface area (Å²) in [6, 6.07) is 10.1. The summed E-state index contributed by atoms with van der Waals surface area (Å²) in [7, 11) is 1.69. The average molecular weight is 345 g/mol. The second kappa shape index (κ2) is 8.06. The Morgan fingerprint density at radius 1 is 1.38 bits per heavy atom. The van der Waals surface area contributed by atoms with Gasteiger partial charge in [0.25, 0.3) is 0 Å². The van der Waals surface area contributed by atoms with Crippen LogP contribution in [0.5, 0.6) is 5.75 Å². The zero-order chi connectivity index (χ0) is 16.8. The summed E-state index contributed by atoms with van der Waals surface area (Å²) in [4.78, 5) is 14.2. The van der Waals surface area contributed by atoms with Gasteiger partial charge in [0.2, 0.25) is 0 Å². The SMILES string of the molecule is COc1cccc(N2CC[C@@H](CNC(=O)NCc3ccsc3)C2)c1. The molecule has 1 aliphatic rings. The van der Waals surface area contributed by atoms with Gasteiger partial charge >= 0.3 is 6.03 Å². The number of urea groups is 1. The van der Waals surface area contributed by atoms with E-state index in [1.54, 1.807) is 18.4 Å². The summed E-state index contributed by atoms with van der Waals surface area (Å²) in [6.07, 6.45) is 1.09. The molecule has 128 valence electrons. The van der Waals surface area contributed by atoms with Gasteiger partial charge < -0.3 is 20.3 Å². The molecule has 5 nitrogen and oxygen atoms in total. The van der Waals surface area contributed by atoms with E-state index in [9.17, 15) is 4.79 Å². The molecule has 1 aromatic heterocycles. The van der Waals surface area contributed by atoms with E-state index in [2.05, 4.69) is 27.7 Å². The summed E-state index contributed by atoms with van der Waals surface area (Å²) in [5.41, 5.74) is 2.32. The van der Waals surface area contributed by atoms with Crippen molar-refractivity contribution in [1.82, 2.24) is 10.6 Å². The Morgan fingerprint density at radius 3 is 3.08 bits per heavy atom. The highest BCUT2D eigenvalue weighted by Gasteiger charge is 2.23. The quantitative estimate of drug-likeness (QED) is 0.846. The number of carbonyl (C=O) groups excluding carboxylic acids is 1. The minimum absolute atomic E-state index is 0.0963. The molecule has 3 rings (SSSR count). The summed E-state index contributed by atoms with van der Waals surface area (Å²) in [6.45, 7) is 3.25. The van der Waals surface area contributed by atoms with Gasteiger partial charge in [0.05, 0.1) is 7.11 Å². The van der Waals surface area contributed by atoms with Crippen molar-refractivity contribution in [3.63, 3.8) is 0 Å². The predicted octanol–water partition coefficient (Wildman–Crippen LogP) is 3.08. The number of thiophene rings is 1. The predicted molar refractivity (Wildman–Crippen MR) is 97.9 cm³/mol. The second-order valence-electron chi connectivity index (χ2n) is 6.00. The first kappa shape index (κ1) is 16.6. The van der Waals surface area contributed by atoms with Crippen LogP contribution in [0.4, 0.5) is 10.5 Å². The van der Waals surface area contributed by atoms with Crippen molar-refractivity contribution in [2.75, 3.05) is 31.6 Å². The highest BCUT2D eigenvalue weighted by molar-refractivity contribution is 7.07. The molecular formula is C18H23N3O2S. The van der Waals surface area contributed by atoms with Gasteiger partial charge in [-0.1, -0.05) is 6.07 Å². The lowest BCUT2D eigenvalue weighted by Gasteiger charge is -2.19. The van der Waals surface area contributed by atoms with Crippen LogP contribution in [0.1, 0.15) is 12.0 Å². The van der Waals surface area contributed by atoms with E-state index in [-0.39, 0.29) is 6.03 Å². The van der Waals surface area contributed by atoms with Crippen molar-refractivity contribution in [2.24, 2.45) is 5.92 Å². The van der Waals surface area contributed by atoms with E-state index in [1.807, 2.05) is 29.0 Å². The summed E-state index contributed by atoms with van der Waals surface area (Å²) >= 11 is 1.64. The number of nitrogens with one attached hydrogen (secondary N) is 2. The number of carbonyl (C=O) groups is 1. The Kier molecular flexibility index (Phi) is 5.59. The zero-order valence-corrected chi connectivity index (χ0v) is 14.6. The van der Waals surface area contributed by atoms with Crippen molar-refractivity contribution in [1.29, 1.82) is 0 Å². The van der Waals surface area contributed by atoms with Crippen molar-refractivity contribution >= 4 is 23.1 Å². The van der Waals surface area contributed by atoms with E-state index in [0.29, 0.717) is 19.0 Å². The molecule has 0 bridgehead atoms. The van der Waals surface area contributed by atoms with E-state index < -0.39 is 0 Å². The number of hydrogen-bond donors (Lipinski definition) is 2. The van der Waals surface area contributed by atoms with Gasteiger partial charge in [0.15, 0.2) is 0 Å². The molecule has 2 heterocycles. The molecule has 1 aliphatic heterocycles. The van der Waals surface area contributed by atoms with E-state index in [0.717, 1.165) is 30.8 Å². The third-order valence-electron chi connectivity index (χ3n) is 4.29. The standard InChI is InChI=1S/C18H23N3O2S/c1-23-17-4-2-3-16(9-17)21-7-5-14(12-21)10-19-18(22)20-11-15-6-8-24-13-15/h2-4,6,8-9,13-14H,5,7,10-12H2,1H3,(H2,19,20,22)/t14-/m0/s1. The highest BCUT2D eigenvalue weighted by Crippen LogP contribution is 2.26. The van der Waals surface area contributed by atoms with Gasteiger partial charge in [-0.2, -0.15) is 11.3 Å². The molecule has 0 spiro atoms. The lowest BCUT2D eigenvalue weighted by atomic mass is 10.1. The Labute approximate surface area is 146 Å². The average Bonchev–Trinajstić information content (AvgIpc) is 3.30. The number of anilines is 1. The fourth-order valence-corrected chi connectivity index (χ4v) is 3.58. The van der Waals surface area contributed by atoms with Gasteiger partial charge in [-0.15, -0.1) is 0 Å². The van der Waals surface area contributed by atoms with Crippen molar-refractivity contribution in [3.05, 3.63) is 46.7 Å². The number of nitrogens with zero attached hydrogens (tertiary/aromatic N) is 1. The molecular weight excluding hydrogens is 322 g/mol. The molecule has 2 N–H and O–H groups in total. The first-order valence-electron chi connectivity index (χ1n) is 8.16. The van der Waals surface area contributed by atoms with Gasteiger partial charge in [0.1, 0.15) is 5.75 Å². The van der Waals surface area contributed by atoms with Crippen LogP contribution < -0.4 is 20.3 Å². The van der Waals surface area contributed by atoms with Crippen LogP contribution in [0.2, 0.25) is 0 Å². The zero-order valence-electron chi connectivity index (χ0n) is 13.8. The lowest BCUT2D eigenvalue weighted by Crippen LogP contribution is -2.38. The van der Waals surface area contributed by atoms with Gasteiger partial charge in [-0.3, -0.25) is 0 Å². The maximum atomic E-state index is 11.9. The molecule has 2 aromatic rings. The fraction of sp³-hybridized carbons (Fsp3) is 0.389. The largest absolute Gasteiger partial charge is 0.497 e. The van der Waals surface area contributed by atoms with Crippen LogP contribution in [0.3, 0.4) is 0 Å². The first-order chi connectivity index (χ1) is 11.7.